The molecule has 0 spiro atoms. The lowest BCUT2D eigenvalue weighted by Gasteiger charge is -2.00. The van der Waals surface area contributed by atoms with Crippen LogP contribution >= 0.6 is 11.6 Å². The van der Waals surface area contributed by atoms with Gasteiger partial charge in [0, 0.05) is 5.56 Å². The van der Waals surface area contributed by atoms with Gasteiger partial charge in [0.05, 0.1) is 5.03 Å². The Labute approximate surface area is 74.5 Å². The predicted octanol–water partition coefficient (Wildman–Crippen LogP) is 3.72. The number of hydrogen-bond acceptors (Lipinski definition) is 0. The van der Waals surface area contributed by atoms with Crippen LogP contribution in [0.4, 0.5) is 8.78 Å². The highest BCUT2D eigenvalue weighted by molar-refractivity contribution is 6.49. The molecule has 0 aliphatic carbocycles. The topological polar surface area (TPSA) is 0 Å². The van der Waals surface area contributed by atoms with Gasteiger partial charge in [0.1, 0.15) is 11.6 Å². The van der Waals surface area contributed by atoms with Gasteiger partial charge in [-0.3, -0.25) is 0 Å². The second kappa shape index (κ2) is 3.68. The third kappa shape index (κ3) is 1.83. The summed E-state index contributed by atoms with van der Waals surface area (Å²) in [5.74, 6) is -1.10. The average Bonchev–Trinajstić information content (AvgIpc) is 2.04. The van der Waals surface area contributed by atoms with Crippen molar-refractivity contribution in [1.82, 2.24) is 0 Å². The SMILES string of the molecule is CC(F)=C(Cl)c1ccccc1F. The Kier molecular flexibility index (Phi) is 2.82. The molecule has 64 valence electrons. The van der Waals surface area contributed by atoms with Crippen LogP contribution in [-0.2, 0) is 0 Å². The summed E-state index contributed by atoms with van der Waals surface area (Å²) in [4.78, 5) is 0. The summed E-state index contributed by atoms with van der Waals surface area (Å²) >= 11 is 5.51. The molecule has 1 aromatic carbocycles. The number of hydrogen-bond donors (Lipinski definition) is 0. The number of rotatable bonds is 1. The second-order valence-corrected chi connectivity index (χ2v) is 2.71. The van der Waals surface area contributed by atoms with Crippen molar-refractivity contribution < 1.29 is 8.78 Å². The molecule has 3 heteroatoms. The van der Waals surface area contributed by atoms with Gasteiger partial charge in [-0.25, -0.2) is 8.78 Å². The largest absolute Gasteiger partial charge is 0.210 e. The van der Waals surface area contributed by atoms with Crippen molar-refractivity contribution in [2.75, 3.05) is 0 Å². The van der Waals surface area contributed by atoms with Gasteiger partial charge in [-0.15, -0.1) is 0 Å². The Hall–Kier alpha value is -0.890. The van der Waals surface area contributed by atoms with Crippen LogP contribution < -0.4 is 0 Å². The average molecular weight is 189 g/mol. The lowest BCUT2D eigenvalue weighted by Crippen LogP contribution is -1.84. The summed E-state index contributed by atoms with van der Waals surface area (Å²) in [6.07, 6.45) is 0. The van der Waals surface area contributed by atoms with Crippen LogP contribution in [0.5, 0.6) is 0 Å². The second-order valence-electron chi connectivity index (χ2n) is 2.33. The van der Waals surface area contributed by atoms with Gasteiger partial charge in [-0.1, -0.05) is 29.8 Å². The molecule has 0 amide bonds. The highest BCUT2D eigenvalue weighted by atomic mass is 35.5. The normalized spacial score (nSPS) is 12.7. The molecule has 0 aromatic heterocycles. The maximum atomic E-state index is 12.9. The third-order valence-corrected chi connectivity index (χ3v) is 1.88. The highest BCUT2D eigenvalue weighted by Gasteiger charge is 2.06. The van der Waals surface area contributed by atoms with Crippen molar-refractivity contribution in [2.45, 2.75) is 6.92 Å². The molecule has 0 heterocycles. The number of allylic oxidation sites excluding steroid dienone is 1. The molecule has 1 rings (SSSR count). The van der Waals surface area contributed by atoms with Crippen LogP contribution in [-0.4, -0.2) is 0 Å². The molecule has 0 fully saturated rings. The van der Waals surface area contributed by atoms with E-state index < -0.39 is 11.6 Å². The number of halogens is 3. The fraction of sp³-hybridized carbons (Fsp3) is 0.111. The Morgan fingerprint density at radius 2 is 1.92 bits per heavy atom. The summed E-state index contributed by atoms with van der Waals surface area (Å²) in [6.45, 7) is 1.19. The van der Waals surface area contributed by atoms with Crippen molar-refractivity contribution in [3.05, 3.63) is 41.5 Å². The fourth-order valence-corrected chi connectivity index (χ4v) is 0.978. The molecule has 0 atom stereocenters. The highest BCUT2D eigenvalue weighted by Crippen LogP contribution is 2.25. The van der Waals surface area contributed by atoms with Crippen molar-refractivity contribution in [3.63, 3.8) is 0 Å². The van der Waals surface area contributed by atoms with Crippen LogP contribution in [0.15, 0.2) is 30.1 Å². The van der Waals surface area contributed by atoms with Crippen LogP contribution in [0.1, 0.15) is 12.5 Å². The maximum absolute atomic E-state index is 12.9. The molecular weight excluding hydrogens is 182 g/mol. The summed E-state index contributed by atoms with van der Waals surface area (Å²) in [6, 6.07) is 5.79. The molecule has 1 aromatic rings. The van der Waals surface area contributed by atoms with E-state index in [2.05, 4.69) is 0 Å². The van der Waals surface area contributed by atoms with E-state index in [4.69, 9.17) is 11.6 Å². The first-order valence-electron chi connectivity index (χ1n) is 3.39. The summed E-state index contributed by atoms with van der Waals surface area (Å²) in [5, 5.41) is -0.173. The van der Waals surface area contributed by atoms with Gasteiger partial charge in [-0.2, -0.15) is 0 Å². The lowest BCUT2D eigenvalue weighted by atomic mass is 10.2. The van der Waals surface area contributed by atoms with E-state index in [1.54, 1.807) is 6.07 Å². The van der Waals surface area contributed by atoms with Crippen LogP contribution in [0.3, 0.4) is 0 Å². The minimum atomic E-state index is -0.582. The molecule has 0 bridgehead atoms. The summed E-state index contributed by atoms with van der Waals surface area (Å²) < 4.78 is 25.5. The first-order valence-corrected chi connectivity index (χ1v) is 3.77. The molecule has 12 heavy (non-hydrogen) atoms. The molecule has 0 radical (unpaired) electrons. The quantitative estimate of drug-likeness (QED) is 0.630. The smallest absolute Gasteiger partial charge is 0.132 e. The molecular formula is C9H7ClF2. The van der Waals surface area contributed by atoms with Crippen molar-refractivity contribution in [3.8, 4) is 0 Å². The van der Waals surface area contributed by atoms with Crippen molar-refractivity contribution >= 4 is 16.6 Å². The standard InChI is InChI=1S/C9H7ClF2/c1-6(11)9(10)7-4-2-3-5-8(7)12/h2-5H,1H3. The maximum Gasteiger partial charge on any atom is 0.132 e. The van der Waals surface area contributed by atoms with Crippen LogP contribution in [0, 0.1) is 5.82 Å². The zero-order valence-electron chi connectivity index (χ0n) is 6.44. The summed E-state index contributed by atoms with van der Waals surface area (Å²) in [5.41, 5.74) is 0.0965. The Bertz CT molecular complexity index is 314. The summed E-state index contributed by atoms with van der Waals surface area (Å²) in [7, 11) is 0. The van der Waals surface area contributed by atoms with Gasteiger partial charge in [0.25, 0.3) is 0 Å². The zero-order valence-corrected chi connectivity index (χ0v) is 7.20. The Balaban J connectivity index is 3.21. The van der Waals surface area contributed by atoms with Gasteiger partial charge < -0.3 is 0 Å². The van der Waals surface area contributed by atoms with Crippen LogP contribution in [0.25, 0.3) is 5.03 Å². The third-order valence-electron chi connectivity index (χ3n) is 1.41. The van der Waals surface area contributed by atoms with E-state index in [0.29, 0.717) is 0 Å². The lowest BCUT2D eigenvalue weighted by molar-refractivity contribution is 0.619. The number of benzene rings is 1. The van der Waals surface area contributed by atoms with E-state index in [-0.39, 0.29) is 10.6 Å². The minimum absolute atomic E-state index is 0.0965. The van der Waals surface area contributed by atoms with E-state index in [0.717, 1.165) is 0 Å². The monoisotopic (exact) mass is 188 g/mol. The van der Waals surface area contributed by atoms with E-state index in [9.17, 15) is 8.78 Å². The Morgan fingerprint density at radius 3 is 2.42 bits per heavy atom. The van der Waals surface area contributed by atoms with E-state index in [1.807, 2.05) is 0 Å². The van der Waals surface area contributed by atoms with Gasteiger partial charge in [-0.05, 0) is 13.0 Å². The molecule has 0 N–H and O–H groups in total. The Morgan fingerprint density at radius 1 is 1.33 bits per heavy atom. The molecule has 0 saturated carbocycles. The molecule has 0 aliphatic heterocycles. The molecule has 0 saturated heterocycles. The van der Waals surface area contributed by atoms with E-state index in [1.165, 1.54) is 25.1 Å². The zero-order chi connectivity index (χ0) is 9.14. The predicted molar refractivity (Wildman–Crippen MR) is 46.0 cm³/mol. The van der Waals surface area contributed by atoms with Crippen molar-refractivity contribution in [2.24, 2.45) is 0 Å². The van der Waals surface area contributed by atoms with Crippen LogP contribution in [0.2, 0.25) is 0 Å². The fourth-order valence-electron chi connectivity index (χ4n) is 0.825. The van der Waals surface area contributed by atoms with Crippen molar-refractivity contribution in [1.29, 1.82) is 0 Å². The van der Waals surface area contributed by atoms with E-state index >= 15 is 0 Å². The molecule has 0 nitrogen and oxygen atoms in total. The molecule has 0 aliphatic rings. The first kappa shape index (κ1) is 9.20. The van der Waals surface area contributed by atoms with Gasteiger partial charge in [0.2, 0.25) is 0 Å². The van der Waals surface area contributed by atoms with Gasteiger partial charge >= 0.3 is 0 Å². The minimum Gasteiger partial charge on any atom is -0.210 e. The molecule has 0 unspecified atom stereocenters. The van der Waals surface area contributed by atoms with Gasteiger partial charge in [0.15, 0.2) is 0 Å². The first-order chi connectivity index (χ1) is 5.63.